The van der Waals surface area contributed by atoms with E-state index in [-0.39, 0.29) is 34.8 Å². The van der Waals surface area contributed by atoms with Crippen LogP contribution in [0.25, 0.3) is 45.8 Å². The van der Waals surface area contributed by atoms with E-state index in [1.807, 2.05) is 82.6 Å². The van der Waals surface area contributed by atoms with Gasteiger partial charge in [-0.1, -0.05) is 305 Å². The van der Waals surface area contributed by atoms with Crippen molar-refractivity contribution in [3.8, 4) is 46.5 Å². The number of rotatable bonds is 42. The lowest BCUT2D eigenvalue weighted by atomic mass is 9.92. The Bertz CT molecular complexity index is 2780. The molecular weight excluding hydrogens is 1050 g/mol. The molecule has 4 aromatic rings. The Labute approximate surface area is 519 Å². The van der Waals surface area contributed by atoms with Crippen LogP contribution in [0.3, 0.4) is 0 Å². The average molecular weight is 1150 g/mol. The summed E-state index contributed by atoms with van der Waals surface area (Å²) in [6.07, 6.45) is 41.9. The molecule has 0 spiro atoms. The molecular formula is C78H100N6O2. The lowest BCUT2D eigenvalue weighted by molar-refractivity contribution is -0.124. The number of carbonyl (C=O) groups is 2. The molecule has 6 rings (SSSR count). The molecule has 0 saturated heterocycles. The van der Waals surface area contributed by atoms with Crippen LogP contribution in [0, 0.1) is 57.2 Å². The summed E-state index contributed by atoms with van der Waals surface area (Å²) in [6, 6.07) is 40.2. The van der Waals surface area contributed by atoms with Crippen molar-refractivity contribution >= 4 is 35.4 Å². The quantitative estimate of drug-likeness (QED) is 0.0320. The molecule has 0 aliphatic carbocycles. The highest BCUT2D eigenvalue weighted by atomic mass is 16.2. The summed E-state index contributed by atoms with van der Waals surface area (Å²) in [6.45, 7) is 10.2. The van der Waals surface area contributed by atoms with Crippen molar-refractivity contribution in [3.63, 3.8) is 0 Å². The van der Waals surface area contributed by atoms with Gasteiger partial charge in [0.05, 0.1) is 22.5 Å². The van der Waals surface area contributed by atoms with Gasteiger partial charge in [0.15, 0.2) is 0 Å². The molecule has 0 fully saturated rings. The van der Waals surface area contributed by atoms with E-state index >= 15 is 9.59 Å². The summed E-state index contributed by atoms with van der Waals surface area (Å²) >= 11 is 0. The second kappa shape index (κ2) is 38.7. The van der Waals surface area contributed by atoms with E-state index in [2.05, 4.69) is 76.2 Å². The Morgan fingerprint density at radius 1 is 0.337 bits per heavy atom. The second-order valence-electron chi connectivity index (χ2n) is 24.6. The highest BCUT2D eigenvalue weighted by molar-refractivity contribution is 6.30. The molecule has 0 bridgehead atoms. The molecule has 0 N–H and O–H groups in total. The molecule has 2 aliphatic rings. The van der Waals surface area contributed by atoms with Crippen LogP contribution in [0.4, 0.5) is 0 Å². The maximum atomic E-state index is 16.1. The summed E-state index contributed by atoms with van der Waals surface area (Å²) < 4.78 is 0. The van der Waals surface area contributed by atoms with E-state index in [9.17, 15) is 21.0 Å². The molecule has 8 heteroatoms. The molecule has 8 nitrogen and oxygen atoms in total. The number of carbonyl (C=O) groups excluding carboxylic acids is 2. The van der Waals surface area contributed by atoms with Crippen molar-refractivity contribution < 1.29 is 9.59 Å². The lowest BCUT2D eigenvalue weighted by Crippen LogP contribution is -2.35. The van der Waals surface area contributed by atoms with E-state index in [1.54, 1.807) is 12.2 Å². The first-order valence-electron chi connectivity index (χ1n) is 33.8. The van der Waals surface area contributed by atoms with Gasteiger partial charge in [-0.3, -0.25) is 9.59 Å². The minimum absolute atomic E-state index is 0.0512. The van der Waals surface area contributed by atoms with Crippen molar-refractivity contribution in [2.24, 2.45) is 11.8 Å². The number of unbranched alkanes of at least 4 members (excludes halogenated alkanes) is 24. The number of nitrogens with zero attached hydrogens (tertiary/aromatic N) is 6. The Kier molecular flexibility index (Phi) is 30.6. The first-order chi connectivity index (χ1) is 42.2. The first-order valence-corrected chi connectivity index (χ1v) is 33.8. The Morgan fingerprint density at radius 3 is 0.802 bits per heavy atom. The summed E-state index contributed by atoms with van der Waals surface area (Å²) in [5.41, 5.74) is 9.78. The number of nitriles is 4. The Morgan fingerprint density at radius 2 is 0.558 bits per heavy atom. The maximum Gasteiger partial charge on any atom is 0.261 e. The van der Waals surface area contributed by atoms with Crippen molar-refractivity contribution in [2.75, 3.05) is 13.1 Å². The van der Waals surface area contributed by atoms with Gasteiger partial charge in [-0.15, -0.1) is 0 Å². The molecule has 86 heavy (non-hydrogen) atoms. The monoisotopic (exact) mass is 1150 g/mol. The number of allylic oxidation sites excluding steroid dienone is 2. The van der Waals surface area contributed by atoms with Crippen LogP contribution < -0.4 is 0 Å². The van der Waals surface area contributed by atoms with E-state index in [0.717, 1.165) is 107 Å². The predicted molar refractivity (Wildman–Crippen MR) is 357 cm³/mol. The van der Waals surface area contributed by atoms with Crippen molar-refractivity contribution in [2.45, 2.75) is 233 Å². The van der Waals surface area contributed by atoms with Gasteiger partial charge in [0.25, 0.3) is 11.8 Å². The number of hydrogen-bond donors (Lipinski definition) is 0. The van der Waals surface area contributed by atoms with E-state index < -0.39 is 0 Å². The predicted octanol–water partition coefficient (Wildman–Crippen LogP) is 21.5. The van der Waals surface area contributed by atoms with Gasteiger partial charge >= 0.3 is 0 Å². The number of amides is 2. The topological polar surface area (TPSA) is 136 Å². The van der Waals surface area contributed by atoms with Crippen LogP contribution in [0.1, 0.15) is 255 Å². The van der Waals surface area contributed by atoms with Gasteiger partial charge in [-0.2, -0.15) is 21.0 Å². The van der Waals surface area contributed by atoms with Gasteiger partial charge < -0.3 is 9.80 Å². The Hall–Kier alpha value is -7.26. The fraction of sp³-hybridized carbons (Fsp3) is 0.513. The molecule has 0 saturated carbocycles. The van der Waals surface area contributed by atoms with Crippen LogP contribution in [0.5, 0.6) is 0 Å². The van der Waals surface area contributed by atoms with Crippen molar-refractivity contribution in [3.05, 3.63) is 142 Å². The zero-order chi connectivity index (χ0) is 61.1. The smallest absolute Gasteiger partial charge is 0.261 e. The lowest BCUT2D eigenvalue weighted by Gasteiger charge is -2.30. The number of hydrogen-bond acceptors (Lipinski definition) is 6. The minimum atomic E-state index is -0.0797. The minimum Gasteiger partial charge on any atom is -0.307 e. The first kappa shape index (κ1) is 67.9. The molecule has 2 amide bonds. The largest absolute Gasteiger partial charge is 0.307 e. The highest BCUT2D eigenvalue weighted by Crippen LogP contribution is 2.48. The molecule has 4 aromatic carbocycles. The van der Waals surface area contributed by atoms with Gasteiger partial charge in [0.2, 0.25) is 0 Å². The van der Waals surface area contributed by atoms with Gasteiger partial charge in [0.1, 0.15) is 35.4 Å². The summed E-state index contributed by atoms with van der Waals surface area (Å²) in [5.74, 6) is 0.406. The van der Waals surface area contributed by atoms with Crippen molar-refractivity contribution in [1.29, 1.82) is 21.0 Å². The molecule has 2 heterocycles. The second-order valence-corrected chi connectivity index (χ2v) is 24.6. The Balaban J connectivity index is 1.45. The molecule has 2 unspecified atom stereocenters. The fourth-order valence-electron chi connectivity index (χ4n) is 12.8. The van der Waals surface area contributed by atoms with Crippen molar-refractivity contribution in [1.82, 2.24) is 9.80 Å². The van der Waals surface area contributed by atoms with Crippen LogP contribution in [0.15, 0.2) is 119 Å². The molecule has 0 radical (unpaired) electrons. The molecule has 2 atom stereocenters. The fourth-order valence-corrected chi connectivity index (χ4v) is 12.8. The molecule has 2 aliphatic heterocycles. The third-order valence-corrected chi connectivity index (χ3v) is 17.8. The zero-order valence-electron chi connectivity index (χ0n) is 53.1. The number of benzene rings is 4. The maximum absolute atomic E-state index is 16.1. The van der Waals surface area contributed by atoms with Crippen LogP contribution >= 0.6 is 0 Å². The average Bonchev–Trinajstić information content (AvgIpc) is 1.66. The summed E-state index contributed by atoms with van der Waals surface area (Å²) in [5, 5.41) is 37.6. The standard InChI is InChI=1S/C78H100N6O2/c1-5-9-13-17-21-23-27-31-35-63(33-29-25-19-15-11-7-3)59-83-75(71-49-45-69(46-50-71)67-41-37-61(38-42-67)53-65(55-79)56-80)73-74(77(83)85)76(72-51-47-70(48-52-72)68-43-39-62(40-44-68)54-66(57-81)58-82)84(78(73)86)60-64(34-30-26-20-16-12-8-4)36-32-28-24-22-18-14-10-6-2/h37-54,63-64H,5-36,59-60H2,1-4H3. The van der Waals surface area contributed by atoms with Crippen LogP contribution in [0.2, 0.25) is 0 Å². The summed E-state index contributed by atoms with van der Waals surface area (Å²) in [7, 11) is 0. The normalized spacial score (nSPS) is 13.5. The molecule has 454 valence electrons. The van der Waals surface area contributed by atoms with Gasteiger partial charge in [-0.05, 0) is 94.2 Å². The van der Waals surface area contributed by atoms with E-state index in [1.165, 1.54) is 154 Å². The summed E-state index contributed by atoms with van der Waals surface area (Å²) in [4.78, 5) is 36.2. The van der Waals surface area contributed by atoms with Gasteiger partial charge in [-0.25, -0.2) is 0 Å². The highest BCUT2D eigenvalue weighted by Gasteiger charge is 2.49. The third kappa shape index (κ3) is 21.0. The molecule has 0 aromatic heterocycles. The van der Waals surface area contributed by atoms with Gasteiger partial charge in [0, 0.05) is 13.1 Å². The van der Waals surface area contributed by atoms with Crippen LogP contribution in [-0.2, 0) is 9.59 Å². The van der Waals surface area contributed by atoms with E-state index in [4.69, 9.17) is 0 Å². The number of fused-ring (bicyclic) bond motifs is 1. The third-order valence-electron chi connectivity index (χ3n) is 17.8. The zero-order valence-corrected chi connectivity index (χ0v) is 53.1. The van der Waals surface area contributed by atoms with Crippen LogP contribution in [-0.4, -0.2) is 34.7 Å². The van der Waals surface area contributed by atoms with E-state index in [0.29, 0.717) is 24.2 Å². The SMILES string of the molecule is CCCCCCCCCCC(CCCCCCCC)CN1C(=O)C2=C(c3ccc(-c4ccc(C=C(C#N)C#N)cc4)cc3)N(CC(CCCCCCCC)CCCCCCCCCC)C(=O)C2=C1c1ccc(-c2ccc(C=C(C#N)C#N)cc2)cc1.